The summed E-state index contributed by atoms with van der Waals surface area (Å²) < 4.78 is 14.1. The highest BCUT2D eigenvalue weighted by Crippen LogP contribution is 2.34. The van der Waals surface area contributed by atoms with Crippen molar-refractivity contribution in [1.82, 2.24) is 14.9 Å². The third kappa shape index (κ3) is 6.33. The number of benzene rings is 1. The lowest BCUT2D eigenvalue weighted by molar-refractivity contribution is 0.101. The molecule has 0 radical (unpaired) electrons. The highest BCUT2D eigenvalue weighted by atomic mass is 35.5. The number of rotatable bonds is 6. The van der Waals surface area contributed by atoms with E-state index in [2.05, 4.69) is 29.3 Å². The van der Waals surface area contributed by atoms with Gasteiger partial charge in [0.15, 0.2) is 17.3 Å². The van der Waals surface area contributed by atoms with Crippen LogP contribution >= 0.6 is 36.4 Å². The average Bonchev–Trinajstić information content (AvgIpc) is 2.80. The lowest BCUT2D eigenvalue weighted by Gasteiger charge is -2.33. The molecule has 1 saturated carbocycles. The van der Waals surface area contributed by atoms with E-state index in [4.69, 9.17) is 16.6 Å². The first-order valence-corrected chi connectivity index (χ1v) is 11.5. The average molecular weight is 544 g/mol. The van der Waals surface area contributed by atoms with Gasteiger partial charge in [0.1, 0.15) is 5.52 Å². The molecule has 6 nitrogen and oxygen atoms in total. The lowest BCUT2D eigenvalue weighted by Crippen LogP contribution is -2.33. The molecule has 0 bridgehead atoms. The number of phenolic OH excluding ortho intramolecular Hbond substituents is 1. The molecule has 0 saturated heterocycles. The number of pyridine rings is 2. The largest absolute Gasteiger partial charge is 0.504 e. The number of halogens is 4. The molecule has 0 spiro atoms. The van der Waals surface area contributed by atoms with Gasteiger partial charge in [0, 0.05) is 24.3 Å². The molecular formula is C25H30Cl3FN4O2. The quantitative estimate of drug-likeness (QED) is 0.352. The van der Waals surface area contributed by atoms with Crippen LogP contribution < -0.4 is 5.32 Å². The number of anilines is 1. The molecule has 0 amide bonds. The molecule has 2 heterocycles. The number of carbonyl (C=O) groups excluding carboxylic acids is 1. The maximum absolute atomic E-state index is 14.1. The van der Waals surface area contributed by atoms with Gasteiger partial charge in [0.25, 0.3) is 0 Å². The predicted octanol–water partition coefficient (Wildman–Crippen LogP) is 6.37. The predicted molar refractivity (Wildman–Crippen MR) is 144 cm³/mol. The van der Waals surface area contributed by atoms with E-state index in [0.717, 1.165) is 32.2 Å². The van der Waals surface area contributed by atoms with Crippen molar-refractivity contribution < 1.29 is 14.3 Å². The highest BCUT2D eigenvalue weighted by Gasteiger charge is 2.23. The van der Waals surface area contributed by atoms with Crippen molar-refractivity contribution >= 4 is 58.9 Å². The molecule has 1 fully saturated rings. The first-order chi connectivity index (χ1) is 15.7. The Hall–Kier alpha value is -2.19. The number of aromatic nitrogens is 2. The maximum atomic E-state index is 14.1. The van der Waals surface area contributed by atoms with Gasteiger partial charge >= 0.3 is 0 Å². The molecule has 1 aromatic carbocycles. The molecule has 35 heavy (non-hydrogen) atoms. The molecule has 4 rings (SSSR count). The van der Waals surface area contributed by atoms with Crippen molar-refractivity contribution in [2.45, 2.75) is 38.6 Å². The number of aromatic hydroxyl groups is 1. The van der Waals surface area contributed by atoms with Crippen LogP contribution in [0.15, 0.2) is 30.5 Å². The fourth-order valence-corrected chi connectivity index (χ4v) is 4.71. The zero-order valence-electron chi connectivity index (χ0n) is 19.8. The van der Waals surface area contributed by atoms with Crippen molar-refractivity contribution in [2.24, 2.45) is 5.92 Å². The SMILES string of the molecule is CC(=O)c1cnc2ccc(-c3cc(F)c(O)c(Cl)c3)nc2c1NC[C@H]1CC[C@H](N(C)C)CC1.Cl.Cl. The Morgan fingerprint density at radius 2 is 1.89 bits per heavy atom. The third-order valence-corrected chi connectivity index (χ3v) is 6.81. The number of carbonyl (C=O) groups is 1. The normalized spacial score (nSPS) is 17.5. The van der Waals surface area contributed by atoms with Gasteiger partial charge in [-0.15, -0.1) is 24.8 Å². The molecule has 1 aliphatic carbocycles. The summed E-state index contributed by atoms with van der Waals surface area (Å²) in [5.41, 5.74) is 3.21. The minimum atomic E-state index is -0.818. The van der Waals surface area contributed by atoms with E-state index < -0.39 is 11.6 Å². The Balaban J connectivity index is 0.00000216. The number of phenols is 1. The Morgan fingerprint density at radius 1 is 1.20 bits per heavy atom. The topological polar surface area (TPSA) is 78.3 Å². The van der Waals surface area contributed by atoms with Gasteiger partial charge in [-0.25, -0.2) is 9.37 Å². The molecule has 0 aliphatic heterocycles. The number of nitrogens with zero attached hydrogens (tertiary/aromatic N) is 3. The highest BCUT2D eigenvalue weighted by molar-refractivity contribution is 6.32. The Morgan fingerprint density at radius 3 is 2.49 bits per heavy atom. The summed E-state index contributed by atoms with van der Waals surface area (Å²) in [6.07, 6.45) is 6.14. The van der Waals surface area contributed by atoms with Gasteiger partial charge in [-0.1, -0.05) is 11.6 Å². The summed E-state index contributed by atoms with van der Waals surface area (Å²) in [5.74, 6) is -0.999. The van der Waals surface area contributed by atoms with Crippen LogP contribution in [0.2, 0.25) is 5.02 Å². The Labute approximate surface area is 222 Å². The van der Waals surface area contributed by atoms with Gasteiger partial charge < -0.3 is 15.3 Å². The lowest BCUT2D eigenvalue weighted by atomic mass is 9.85. The second kappa shape index (κ2) is 12.2. The monoisotopic (exact) mass is 542 g/mol. The van der Waals surface area contributed by atoms with Crippen LogP contribution in [0.4, 0.5) is 10.1 Å². The van der Waals surface area contributed by atoms with Crippen molar-refractivity contribution in [3.05, 3.63) is 46.9 Å². The van der Waals surface area contributed by atoms with E-state index in [1.165, 1.54) is 19.1 Å². The molecular weight excluding hydrogens is 514 g/mol. The zero-order valence-corrected chi connectivity index (χ0v) is 22.2. The number of hydrogen-bond acceptors (Lipinski definition) is 6. The van der Waals surface area contributed by atoms with Crippen LogP contribution in [-0.2, 0) is 0 Å². The number of ketones is 1. The molecule has 1 aliphatic rings. The molecule has 0 unspecified atom stereocenters. The van der Waals surface area contributed by atoms with Gasteiger partial charge in [-0.05, 0) is 76.9 Å². The van der Waals surface area contributed by atoms with E-state index in [1.807, 2.05) is 0 Å². The van der Waals surface area contributed by atoms with Gasteiger partial charge in [-0.3, -0.25) is 9.78 Å². The fraction of sp³-hybridized carbons (Fsp3) is 0.400. The minimum Gasteiger partial charge on any atom is -0.504 e. The summed E-state index contributed by atoms with van der Waals surface area (Å²) >= 11 is 5.96. The minimum absolute atomic E-state index is 0. The van der Waals surface area contributed by atoms with E-state index >= 15 is 0 Å². The summed E-state index contributed by atoms with van der Waals surface area (Å²) in [6.45, 7) is 2.25. The van der Waals surface area contributed by atoms with Crippen molar-refractivity contribution in [3.63, 3.8) is 0 Å². The third-order valence-electron chi connectivity index (χ3n) is 6.52. The molecule has 190 valence electrons. The standard InChI is InChI=1S/C25H28ClFN4O2.2ClH/c1-14(32)18-13-28-22-9-8-21(16-10-19(26)25(33)20(27)11-16)30-24(22)23(18)29-12-15-4-6-17(7-5-15)31(2)3;;/h8-11,13,15,17,33H,4-7,12H2,1-3H3,(H,28,29);2*1H/t15-,17-;;. The summed E-state index contributed by atoms with van der Waals surface area (Å²) in [7, 11) is 4.25. The summed E-state index contributed by atoms with van der Waals surface area (Å²) in [6, 6.07) is 6.78. The molecule has 0 atom stereocenters. The smallest absolute Gasteiger partial charge is 0.170 e. The van der Waals surface area contributed by atoms with Crippen LogP contribution in [-0.4, -0.2) is 52.4 Å². The Bertz CT molecular complexity index is 1180. The molecule has 3 aromatic rings. The number of hydrogen-bond donors (Lipinski definition) is 2. The number of fused-ring (bicyclic) bond motifs is 1. The van der Waals surface area contributed by atoms with E-state index in [9.17, 15) is 14.3 Å². The second-order valence-electron chi connectivity index (χ2n) is 8.97. The maximum Gasteiger partial charge on any atom is 0.170 e. The summed E-state index contributed by atoms with van der Waals surface area (Å²) in [5, 5.41) is 13.0. The van der Waals surface area contributed by atoms with E-state index in [0.29, 0.717) is 45.5 Å². The fourth-order valence-electron chi connectivity index (χ4n) is 4.50. The van der Waals surface area contributed by atoms with Crippen molar-refractivity contribution in [1.29, 1.82) is 0 Å². The van der Waals surface area contributed by atoms with Crippen LogP contribution in [0.5, 0.6) is 5.75 Å². The number of Topliss-reactive ketones (excluding diaryl/α,β-unsaturated/α-hetero) is 1. The molecule has 2 aromatic heterocycles. The molecule has 2 N–H and O–H groups in total. The van der Waals surface area contributed by atoms with Gasteiger partial charge in [0.05, 0.1) is 27.5 Å². The van der Waals surface area contributed by atoms with Gasteiger partial charge in [-0.2, -0.15) is 0 Å². The van der Waals surface area contributed by atoms with Crippen molar-refractivity contribution in [2.75, 3.05) is 26.0 Å². The first kappa shape index (κ1) is 29.0. The second-order valence-corrected chi connectivity index (χ2v) is 9.38. The van der Waals surface area contributed by atoms with Crippen LogP contribution in [0.25, 0.3) is 22.3 Å². The first-order valence-electron chi connectivity index (χ1n) is 11.1. The van der Waals surface area contributed by atoms with Crippen LogP contribution in [0, 0.1) is 11.7 Å². The zero-order chi connectivity index (χ0) is 23.7. The van der Waals surface area contributed by atoms with Gasteiger partial charge in [0.2, 0.25) is 0 Å². The molecule has 10 heteroatoms. The van der Waals surface area contributed by atoms with E-state index in [1.54, 1.807) is 18.3 Å². The Kier molecular flexibility index (Phi) is 10.1. The van der Waals surface area contributed by atoms with E-state index in [-0.39, 0.29) is 35.6 Å². The van der Waals surface area contributed by atoms with Crippen LogP contribution in [0.1, 0.15) is 43.0 Å². The number of nitrogens with one attached hydrogen (secondary N) is 1. The summed E-state index contributed by atoms with van der Waals surface area (Å²) in [4.78, 5) is 23.8. The van der Waals surface area contributed by atoms with Crippen molar-refractivity contribution in [3.8, 4) is 17.0 Å². The van der Waals surface area contributed by atoms with Crippen LogP contribution in [0.3, 0.4) is 0 Å².